The summed E-state index contributed by atoms with van der Waals surface area (Å²) in [6, 6.07) is 3.98. The van der Waals surface area contributed by atoms with Gasteiger partial charge in [0.2, 0.25) is 0 Å². The number of aryl methyl sites for hydroxylation is 1. The second kappa shape index (κ2) is 3.17. The molecule has 1 aromatic carbocycles. The molecule has 1 aliphatic rings. The Kier molecular flexibility index (Phi) is 2.24. The van der Waals surface area contributed by atoms with E-state index in [0.717, 1.165) is 28.9 Å². The normalized spacial score (nSPS) is 18.2. The maximum absolute atomic E-state index is 9.99. The van der Waals surface area contributed by atoms with Gasteiger partial charge in [-0.25, -0.2) is 0 Å². The van der Waals surface area contributed by atoms with E-state index < -0.39 is 0 Å². The van der Waals surface area contributed by atoms with Gasteiger partial charge in [-0.2, -0.15) is 0 Å². The quantitative estimate of drug-likeness (QED) is 0.735. The van der Waals surface area contributed by atoms with E-state index in [-0.39, 0.29) is 5.54 Å². The first kappa shape index (κ1) is 9.87. The lowest BCUT2D eigenvalue weighted by Gasteiger charge is -2.17. The van der Waals surface area contributed by atoms with E-state index in [1.165, 1.54) is 0 Å². The van der Waals surface area contributed by atoms with E-state index in [0.29, 0.717) is 5.75 Å². The summed E-state index contributed by atoms with van der Waals surface area (Å²) in [6.07, 6.45) is 3.98. The third-order valence-corrected chi connectivity index (χ3v) is 3.63. The molecule has 0 aromatic heterocycles. The molecule has 14 heavy (non-hydrogen) atoms. The molecule has 3 N–H and O–H groups in total. The Balaban J connectivity index is 2.59. The van der Waals surface area contributed by atoms with Crippen LogP contribution in [0.15, 0.2) is 17.0 Å². The number of rotatable bonds is 2. The summed E-state index contributed by atoms with van der Waals surface area (Å²) in [5.74, 6) is 0.386. The fourth-order valence-electron chi connectivity index (χ4n) is 1.71. The smallest absolute Gasteiger partial charge is 0.124 e. The van der Waals surface area contributed by atoms with Crippen molar-refractivity contribution in [3.63, 3.8) is 0 Å². The molecule has 0 atom stereocenters. The van der Waals surface area contributed by atoms with Crippen molar-refractivity contribution in [2.75, 3.05) is 6.26 Å². The Morgan fingerprint density at radius 1 is 1.43 bits per heavy atom. The van der Waals surface area contributed by atoms with Crippen molar-refractivity contribution >= 4 is 11.8 Å². The van der Waals surface area contributed by atoms with Gasteiger partial charge in [0.15, 0.2) is 0 Å². The van der Waals surface area contributed by atoms with Gasteiger partial charge in [-0.15, -0.1) is 11.8 Å². The van der Waals surface area contributed by atoms with Gasteiger partial charge in [0, 0.05) is 16.0 Å². The summed E-state index contributed by atoms with van der Waals surface area (Å²) < 4.78 is 0. The Hall–Kier alpha value is -0.670. The van der Waals surface area contributed by atoms with Gasteiger partial charge in [-0.05, 0) is 37.7 Å². The highest BCUT2D eigenvalue weighted by Crippen LogP contribution is 2.50. The number of hydrogen-bond acceptors (Lipinski definition) is 3. The molecule has 0 radical (unpaired) electrons. The molecular formula is C11H15NOS. The van der Waals surface area contributed by atoms with Gasteiger partial charge in [-0.1, -0.05) is 6.07 Å². The third kappa shape index (κ3) is 1.41. The minimum atomic E-state index is -0.256. The van der Waals surface area contributed by atoms with Gasteiger partial charge in [-0.3, -0.25) is 0 Å². The van der Waals surface area contributed by atoms with Crippen LogP contribution in [0.3, 0.4) is 0 Å². The summed E-state index contributed by atoms with van der Waals surface area (Å²) in [6.45, 7) is 1.91. The minimum absolute atomic E-state index is 0.256. The van der Waals surface area contributed by atoms with Crippen LogP contribution in [0.2, 0.25) is 0 Å². The number of benzene rings is 1. The first-order valence-electron chi connectivity index (χ1n) is 4.74. The molecule has 0 saturated heterocycles. The van der Waals surface area contributed by atoms with Gasteiger partial charge in [0.1, 0.15) is 5.75 Å². The van der Waals surface area contributed by atoms with E-state index in [2.05, 4.69) is 0 Å². The lowest BCUT2D eigenvalue weighted by Crippen LogP contribution is -2.20. The number of nitrogens with two attached hydrogens (primary N) is 1. The van der Waals surface area contributed by atoms with E-state index in [1.54, 1.807) is 11.8 Å². The van der Waals surface area contributed by atoms with Crippen molar-refractivity contribution < 1.29 is 5.11 Å². The van der Waals surface area contributed by atoms with Crippen LogP contribution in [-0.4, -0.2) is 11.4 Å². The first-order valence-corrected chi connectivity index (χ1v) is 5.97. The highest BCUT2D eigenvalue weighted by Gasteiger charge is 2.43. The number of hydrogen-bond donors (Lipinski definition) is 2. The molecule has 1 aliphatic carbocycles. The average molecular weight is 209 g/mol. The second-order valence-electron chi connectivity index (χ2n) is 3.96. The largest absolute Gasteiger partial charge is 0.507 e. The molecule has 0 spiro atoms. The monoisotopic (exact) mass is 209 g/mol. The Morgan fingerprint density at radius 2 is 2.07 bits per heavy atom. The maximum atomic E-state index is 9.99. The summed E-state index contributed by atoms with van der Waals surface area (Å²) in [4.78, 5) is 1.10. The molecule has 2 nitrogen and oxygen atoms in total. The van der Waals surface area contributed by atoms with Crippen LogP contribution in [0, 0.1) is 6.92 Å². The van der Waals surface area contributed by atoms with Crippen LogP contribution in [0.25, 0.3) is 0 Å². The molecule has 3 heteroatoms. The van der Waals surface area contributed by atoms with Crippen LogP contribution >= 0.6 is 11.8 Å². The second-order valence-corrected chi connectivity index (χ2v) is 4.81. The average Bonchev–Trinajstić information content (AvgIpc) is 2.89. The molecule has 2 rings (SSSR count). The predicted octanol–water partition coefficient (Wildman–Crippen LogP) is 2.37. The lowest BCUT2D eigenvalue weighted by molar-refractivity contribution is 0.452. The van der Waals surface area contributed by atoms with Crippen LogP contribution in [0.5, 0.6) is 5.75 Å². The zero-order valence-corrected chi connectivity index (χ0v) is 9.32. The van der Waals surface area contributed by atoms with Crippen molar-refractivity contribution in [3.8, 4) is 5.75 Å². The van der Waals surface area contributed by atoms with Crippen molar-refractivity contribution in [1.29, 1.82) is 0 Å². The molecule has 0 amide bonds. The van der Waals surface area contributed by atoms with E-state index in [9.17, 15) is 5.11 Å². The van der Waals surface area contributed by atoms with Gasteiger partial charge >= 0.3 is 0 Å². The van der Waals surface area contributed by atoms with Gasteiger partial charge in [0.25, 0.3) is 0 Å². The van der Waals surface area contributed by atoms with Gasteiger partial charge < -0.3 is 10.8 Å². The SMILES string of the molecule is CSc1ccc(C)c(O)c1C1(N)CC1. The van der Waals surface area contributed by atoms with E-state index in [4.69, 9.17) is 5.73 Å². The summed E-state index contributed by atoms with van der Waals surface area (Å²) in [7, 11) is 0. The maximum Gasteiger partial charge on any atom is 0.124 e. The van der Waals surface area contributed by atoms with Crippen molar-refractivity contribution in [1.82, 2.24) is 0 Å². The Bertz CT molecular complexity index is 372. The lowest BCUT2D eigenvalue weighted by atomic mass is 10.0. The Labute approximate surface area is 88.5 Å². The van der Waals surface area contributed by atoms with Crippen LogP contribution in [0.4, 0.5) is 0 Å². The molecule has 0 aliphatic heterocycles. The number of phenols is 1. The molecule has 1 aromatic rings. The molecule has 1 fully saturated rings. The van der Waals surface area contributed by atoms with Gasteiger partial charge in [0.05, 0.1) is 0 Å². The zero-order chi connectivity index (χ0) is 10.3. The highest BCUT2D eigenvalue weighted by molar-refractivity contribution is 7.98. The fraction of sp³-hybridized carbons (Fsp3) is 0.455. The standard InChI is InChI=1S/C11H15NOS/c1-7-3-4-8(14-2)9(10(7)13)11(12)5-6-11/h3-4,13H,5-6,12H2,1-2H3. The summed E-state index contributed by atoms with van der Waals surface area (Å²) in [5, 5.41) is 9.99. The zero-order valence-electron chi connectivity index (χ0n) is 8.50. The van der Waals surface area contributed by atoms with Crippen LogP contribution < -0.4 is 5.73 Å². The number of thioether (sulfide) groups is 1. The number of aromatic hydroxyl groups is 1. The predicted molar refractivity (Wildman–Crippen MR) is 59.7 cm³/mol. The van der Waals surface area contributed by atoms with Crippen LogP contribution in [0.1, 0.15) is 24.0 Å². The Morgan fingerprint density at radius 3 is 2.57 bits per heavy atom. The summed E-state index contributed by atoms with van der Waals surface area (Å²) >= 11 is 1.65. The molecule has 0 heterocycles. The minimum Gasteiger partial charge on any atom is -0.507 e. The van der Waals surface area contributed by atoms with Crippen molar-refractivity contribution in [3.05, 3.63) is 23.3 Å². The van der Waals surface area contributed by atoms with E-state index >= 15 is 0 Å². The third-order valence-electron chi connectivity index (χ3n) is 2.85. The van der Waals surface area contributed by atoms with Crippen molar-refractivity contribution in [2.24, 2.45) is 5.73 Å². The molecular weight excluding hydrogens is 194 g/mol. The molecule has 0 unspecified atom stereocenters. The summed E-state index contributed by atoms with van der Waals surface area (Å²) in [5.41, 5.74) is 7.75. The van der Waals surface area contributed by atoms with Crippen molar-refractivity contribution in [2.45, 2.75) is 30.2 Å². The van der Waals surface area contributed by atoms with Crippen LogP contribution in [-0.2, 0) is 5.54 Å². The number of phenolic OH excluding ortho intramolecular Hbond substituents is 1. The molecule has 76 valence electrons. The topological polar surface area (TPSA) is 46.2 Å². The van der Waals surface area contributed by atoms with E-state index in [1.807, 2.05) is 25.3 Å². The highest BCUT2D eigenvalue weighted by atomic mass is 32.2. The fourth-order valence-corrected chi connectivity index (χ4v) is 2.42. The first-order chi connectivity index (χ1) is 6.58. The molecule has 1 saturated carbocycles. The molecule has 0 bridgehead atoms.